The molecule has 86 valence electrons. The van der Waals surface area contributed by atoms with Crippen LogP contribution in [-0.2, 0) is 4.79 Å². The van der Waals surface area contributed by atoms with E-state index in [9.17, 15) is 4.79 Å². The van der Waals surface area contributed by atoms with Crippen molar-refractivity contribution in [2.45, 2.75) is 18.8 Å². The molecule has 1 unspecified atom stereocenters. The van der Waals surface area contributed by atoms with Gasteiger partial charge in [0.15, 0.2) is 0 Å². The standard InChI is InChI=1S/C13H18N2O/c14-10-12(11-6-2-1-3-7-11)13(16)15-8-4-5-9-15/h1-3,6-7,12H,4-5,8-10,14H2. The Morgan fingerprint density at radius 3 is 2.44 bits per heavy atom. The van der Waals surface area contributed by atoms with E-state index < -0.39 is 0 Å². The van der Waals surface area contributed by atoms with Crippen LogP contribution in [0, 0.1) is 0 Å². The molecule has 1 aromatic rings. The third-order valence-corrected chi connectivity index (χ3v) is 3.15. The predicted octanol–water partition coefficient (Wildman–Crippen LogP) is 1.35. The number of amides is 1. The van der Waals surface area contributed by atoms with Crippen LogP contribution in [-0.4, -0.2) is 30.4 Å². The zero-order valence-corrected chi connectivity index (χ0v) is 9.43. The highest BCUT2D eigenvalue weighted by Crippen LogP contribution is 2.20. The number of benzene rings is 1. The second-order valence-electron chi connectivity index (χ2n) is 4.23. The molecule has 2 rings (SSSR count). The Morgan fingerprint density at radius 1 is 1.25 bits per heavy atom. The molecule has 3 heteroatoms. The largest absolute Gasteiger partial charge is 0.342 e. The molecule has 1 atom stereocenters. The lowest BCUT2D eigenvalue weighted by Gasteiger charge is -2.22. The highest BCUT2D eigenvalue weighted by Gasteiger charge is 2.26. The summed E-state index contributed by atoms with van der Waals surface area (Å²) in [4.78, 5) is 14.2. The van der Waals surface area contributed by atoms with Crippen LogP contribution in [0.1, 0.15) is 24.3 Å². The summed E-state index contributed by atoms with van der Waals surface area (Å²) in [6.45, 7) is 2.17. The molecule has 16 heavy (non-hydrogen) atoms. The van der Waals surface area contributed by atoms with E-state index in [1.807, 2.05) is 35.2 Å². The van der Waals surface area contributed by atoms with E-state index in [2.05, 4.69) is 0 Å². The minimum Gasteiger partial charge on any atom is -0.342 e. The van der Waals surface area contributed by atoms with E-state index >= 15 is 0 Å². The molecule has 1 fully saturated rings. The highest BCUT2D eigenvalue weighted by molar-refractivity contribution is 5.84. The molecule has 2 N–H and O–H groups in total. The minimum atomic E-state index is -0.167. The quantitative estimate of drug-likeness (QED) is 0.832. The maximum atomic E-state index is 12.2. The van der Waals surface area contributed by atoms with Gasteiger partial charge in [0.25, 0.3) is 0 Å². The van der Waals surface area contributed by atoms with Crippen molar-refractivity contribution in [2.75, 3.05) is 19.6 Å². The average Bonchev–Trinajstić information content (AvgIpc) is 2.85. The van der Waals surface area contributed by atoms with Crippen LogP contribution in [0.25, 0.3) is 0 Å². The third-order valence-electron chi connectivity index (χ3n) is 3.15. The molecule has 0 aliphatic carbocycles. The Labute approximate surface area is 96.2 Å². The van der Waals surface area contributed by atoms with Crippen LogP contribution in [0.4, 0.5) is 0 Å². The number of rotatable bonds is 3. The lowest BCUT2D eigenvalue weighted by Crippen LogP contribution is -2.35. The van der Waals surface area contributed by atoms with E-state index in [0.29, 0.717) is 6.54 Å². The van der Waals surface area contributed by atoms with Crippen LogP contribution in [0.2, 0.25) is 0 Å². The first-order chi connectivity index (χ1) is 7.83. The molecule has 1 heterocycles. The average molecular weight is 218 g/mol. The molecule has 0 saturated carbocycles. The highest BCUT2D eigenvalue weighted by atomic mass is 16.2. The van der Waals surface area contributed by atoms with Crippen LogP contribution in [0.5, 0.6) is 0 Å². The van der Waals surface area contributed by atoms with Crippen LogP contribution in [0.15, 0.2) is 30.3 Å². The second kappa shape index (κ2) is 5.12. The maximum absolute atomic E-state index is 12.2. The fraction of sp³-hybridized carbons (Fsp3) is 0.462. The molecule has 0 aromatic heterocycles. The van der Waals surface area contributed by atoms with E-state index in [4.69, 9.17) is 5.73 Å². The lowest BCUT2D eigenvalue weighted by atomic mass is 9.98. The van der Waals surface area contributed by atoms with Crippen molar-refractivity contribution in [3.63, 3.8) is 0 Å². The van der Waals surface area contributed by atoms with E-state index in [1.54, 1.807) is 0 Å². The van der Waals surface area contributed by atoms with Gasteiger partial charge in [0.1, 0.15) is 0 Å². The Bertz CT molecular complexity index is 344. The number of likely N-dealkylation sites (tertiary alicyclic amines) is 1. The monoisotopic (exact) mass is 218 g/mol. The molecule has 1 aliphatic heterocycles. The van der Waals surface area contributed by atoms with Crippen LogP contribution >= 0.6 is 0 Å². The summed E-state index contributed by atoms with van der Waals surface area (Å²) >= 11 is 0. The summed E-state index contributed by atoms with van der Waals surface area (Å²) in [5, 5.41) is 0. The molecular weight excluding hydrogens is 200 g/mol. The van der Waals surface area contributed by atoms with Gasteiger partial charge in [0, 0.05) is 19.6 Å². The summed E-state index contributed by atoms with van der Waals surface area (Å²) in [6, 6.07) is 9.82. The lowest BCUT2D eigenvalue weighted by molar-refractivity contribution is -0.131. The Kier molecular flexibility index (Phi) is 3.57. The van der Waals surface area contributed by atoms with Gasteiger partial charge in [-0.25, -0.2) is 0 Å². The first-order valence-electron chi connectivity index (χ1n) is 5.86. The minimum absolute atomic E-state index is 0.167. The number of hydrogen-bond acceptors (Lipinski definition) is 2. The Morgan fingerprint density at radius 2 is 1.88 bits per heavy atom. The number of hydrogen-bond donors (Lipinski definition) is 1. The fourth-order valence-corrected chi connectivity index (χ4v) is 2.22. The zero-order chi connectivity index (χ0) is 11.4. The zero-order valence-electron chi connectivity index (χ0n) is 9.43. The van der Waals surface area contributed by atoms with Crippen molar-refractivity contribution in [1.29, 1.82) is 0 Å². The maximum Gasteiger partial charge on any atom is 0.231 e. The van der Waals surface area contributed by atoms with Crippen molar-refractivity contribution in [3.8, 4) is 0 Å². The van der Waals surface area contributed by atoms with Gasteiger partial charge >= 0.3 is 0 Å². The van der Waals surface area contributed by atoms with Gasteiger partial charge < -0.3 is 10.6 Å². The summed E-state index contributed by atoms with van der Waals surface area (Å²) in [5.74, 6) is 0.0190. The van der Waals surface area contributed by atoms with Gasteiger partial charge in [0.05, 0.1) is 5.92 Å². The van der Waals surface area contributed by atoms with Crippen molar-refractivity contribution in [1.82, 2.24) is 4.90 Å². The van der Waals surface area contributed by atoms with Gasteiger partial charge in [-0.15, -0.1) is 0 Å². The van der Waals surface area contributed by atoms with Crippen molar-refractivity contribution in [2.24, 2.45) is 5.73 Å². The topological polar surface area (TPSA) is 46.3 Å². The Hall–Kier alpha value is -1.35. The normalized spacial score (nSPS) is 17.4. The molecular formula is C13H18N2O. The SMILES string of the molecule is NCC(C(=O)N1CCCC1)c1ccccc1. The molecule has 1 aliphatic rings. The van der Waals surface area contributed by atoms with Gasteiger partial charge in [-0.2, -0.15) is 0 Å². The molecule has 0 radical (unpaired) electrons. The summed E-state index contributed by atoms with van der Waals surface area (Å²) < 4.78 is 0. The fourth-order valence-electron chi connectivity index (χ4n) is 2.22. The van der Waals surface area contributed by atoms with Crippen LogP contribution < -0.4 is 5.73 Å². The molecule has 1 saturated heterocycles. The Balaban J connectivity index is 2.13. The van der Waals surface area contributed by atoms with Gasteiger partial charge in [-0.3, -0.25) is 4.79 Å². The molecule has 0 bridgehead atoms. The number of carbonyl (C=O) groups is 1. The summed E-state index contributed by atoms with van der Waals surface area (Å²) in [7, 11) is 0. The van der Waals surface area contributed by atoms with E-state index in [-0.39, 0.29) is 11.8 Å². The van der Waals surface area contributed by atoms with E-state index in [1.165, 1.54) is 0 Å². The molecule has 1 amide bonds. The van der Waals surface area contributed by atoms with Crippen molar-refractivity contribution >= 4 is 5.91 Å². The molecule has 0 spiro atoms. The molecule has 1 aromatic carbocycles. The summed E-state index contributed by atoms with van der Waals surface area (Å²) in [6.07, 6.45) is 2.25. The van der Waals surface area contributed by atoms with Gasteiger partial charge in [-0.1, -0.05) is 30.3 Å². The predicted molar refractivity (Wildman–Crippen MR) is 64.1 cm³/mol. The number of nitrogens with two attached hydrogens (primary N) is 1. The first kappa shape index (κ1) is 11.1. The second-order valence-corrected chi connectivity index (χ2v) is 4.23. The van der Waals surface area contributed by atoms with Gasteiger partial charge in [0.2, 0.25) is 5.91 Å². The third kappa shape index (κ3) is 2.25. The molecule has 3 nitrogen and oxygen atoms in total. The number of nitrogens with zero attached hydrogens (tertiary/aromatic N) is 1. The summed E-state index contributed by atoms with van der Waals surface area (Å²) in [5.41, 5.74) is 6.76. The van der Waals surface area contributed by atoms with Crippen molar-refractivity contribution < 1.29 is 4.79 Å². The van der Waals surface area contributed by atoms with Crippen molar-refractivity contribution in [3.05, 3.63) is 35.9 Å². The first-order valence-corrected chi connectivity index (χ1v) is 5.86. The van der Waals surface area contributed by atoms with Crippen LogP contribution in [0.3, 0.4) is 0 Å². The van der Waals surface area contributed by atoms with E-state index in [0.717, 1.165) is 31.5 Å². The van der Waals surface area contributed by atoms with Gasteiger partial charge in [-0.05, 0) is 18.4 Å². The number of carbonyl (C=O) groups excluding carboxylic acids is 1. The smallest absolute Gasteiger partial charge is 0.231 e.